The lowest BCUT2D eigenvalue weighted by Gasteiger charge is -2.23. The van der Waals surface area contributed by atoms with E-state index in [-0.39, 0.29) is 12.5 Å². The summed E-state index contributed by atoms with van der Waals surface area (Å²) in [6.07, 6.45) is 2.09. The molecule has 0 radical (unpaired) electrons. The van der Waals surface area contributed by atoms with Crippen molar-refractivity contribution >= 4 is 5.91 Å². The molecule has 2 N–H and O–H groups in total. The molecule has 1 aromatic carbocycles. The first-order chi connectivity index (χ1) is 11.2. The monoisotopic (exact) mass is 322 g/mol. The quantitative estimate of drug-likeness (QED) is 0.759. The molecule has 0 saturated carbocycles. The Morgan fingerprint density at radius 1 is 1.30 bits per heavy atom. The second-order valence-electron chi connectivity index (χ2n) is 5.49. The third-order valence-corrected chi connectivity index (χ3v) is 3.78. The summed E-state index contributed by atoms with van der Waals surface area (Å²) in [4.78, 5) is 11.5. The van der Waals surface area contributed by atoms with Crippen molar-refractivity contribution in [3.63, 3.8) is 0 Å². The van der Waals surface area contributed by atoms with Crippen LogP contribution in [0.5, 0.6) is 11.5 Å². The van der Waals surface area contributed by atoms with Crippen LogP contribution >= 0.6 is 0 Å². The van der Waals surface area contributed by atoms with E-state index in [1.807, 2.05) is 25.1 Å². The fourth-order valence-electron chi connectivity index (χ4n) is 2.50. The number of hydrogen-bond acceptors (Lipinski definition) is 5. The second kappa shape index (κ2) is 9.37. The number of benzene rings is 1. The third kappa shape index (κ3) is 5.73. The molecule has 0 spiro atoms. The molecule has 0 aromatic heterocycles. The number of carbonyl (C=O) groups excluding carboxylic acids is 1. The van der Waals surface area contributed by atoms with E-state index in [1.165, 1.54) is 0 Å². The molecule has 6 nitrogen and oxygen atoms in total. The fraction of sp³-hybridized carbons (Fsp3) is 0.588. The van der Waals surface area contributed by atoms with Crippen LogP contribution in [-0.4, -0.2) is 45.4 Å². The van der Waals surface area contributed by atoms with Gasteiger partial charge in [0, 0.05) is 32.3 Å². The molecule has 0 unspecified atom stereocenters. The highest BCUT2D eigenvalue weighted by Gasteiger charge is 2.13. The Balaban J connectivity index is 1.88. The van der Waals surface area contributed by atoms with Gasteiger partial charge in [0.1, 0.15) is 0 Å². The second-order valence-corrected chi connectivity index (χ2v) is 5.49. The maximum Gasteiger partial charge on any atom is 0.257 e. The molecule has 1 fully saturated rings. The number of hydrogen-bond donors (Lipinski definition) is 2. The molecule has 1 aliphatic heterocycles. The number of nitrogens with one attached hydrogen (secondary N) is 2. The van der Waals surface area contributed by atoms with Crippen LogP contribution in [0.3, 0.4) is 0 Å². The number of carbonyl (C=O) groups is 1. The normalized spacial score (nSPS) is 15.2. The molecule has 23 heavy (non-hydrogen) atoms. The summed E-state index contributed by atoms with van der Waals surface area (Å²) in [5, 5.41) is 6.23. The van der Waals surface area contributed by atoms with Crippen LogP contribution in [0.2, 0.25) is 0 Å². The fourth-order valence-corrected chi connectivity index (χ4v) is 2.50. The lowest BCUT2D eigenvalue weighted by Crippen LogP contribution is -2.34. The average Bonchev–Trinajstić information content (AvgIpc) is 2.59. The zero-order valence-electron chi connectivity index (χ0n) is 13.9. The van der Waals surface area contributed by atoms with E-state index >= 15 is 0 Å². The lowest BCUT2D eigenvalue weighted by atomic mass is 10.1. The molecule has 0 bridgehead atoms. The number of rotatable bonds is 8. The molecule has 1 amide bonds. The van der Waals surface area contributed by atoms with E-state index in [4.69, 9.17) is 14.2 Å². The Morgan fingerprint density at radius 2 is 2.09 bits per heavy atom. The van der Waals surface area contributed by atoms with Gasteiger partial charge in [-0.2, -0.15) is 0 Å². The van der Waals surface area contributed by atoms with Crippen molar-refractivity contribution < 1.29 is 19.0 Å². The molecule has 1 aromatic rings. The number of ether oxygens (including phenoxy) is 3. The minimum atomic E-state index is -0.139. The largest absolute Gasteiger partial charge is 0.493 e. The predicted octanol–water partition coefficient (Wildman–Crippen LogP) is 1.48. The van der Waals surface area contributed by atoms with Gasteiger partial charge in [0.05, 0.1) is 7.11 Å². The molecule has 2 rings (SSSR count). The molecular formula is C17H26N2O4. The lowest BCUT2D eigenvalue weighted by molar-refractivity contribution is -0.123. The number of methoxy groups -OCH3 is 1. The number of likely N-dealkylation sites (N-methyl/N-ethyl adjacent to an activating group) is 1. The SMILES string of the molecule is CCNC(=O)COc1ccc(CNC2CCOCC2)cc1OC. The van der Waals surface area contributed by atoms with Crippen LogP contribution in [0.1, 0.15) is 25.3 Å². The summed E-state index contributed by atoms with van der Waals surface area (Å²) in [7, 11) is 1.60. The first-order valence-electron chi connectivity index (χ1n) is 8.10. The van der Waals surface area contributed by atoms with Crippen LogP contribution in [0.4, 0.5) is 0 Å². The van der Waals surface area contributed by atoms with Crippen molar-refractivity contribution in [1.82, 2.24) is 10.6 Å². The van der Waals surface area contributed by atoms with E-state index in [1.54, 1.807) is 7.11 Å². The zero-order chi connectivity index (χ0) is 16.5. The van der Waals surface area contributed by atoms with Crippen molar-refractivity contribution in [2.24, 2.45) is 0 Å². The van der Waals surface area contributed by atoms with Gasteiger partial charge in [-0.15, -0.1) is 0 Å². The summed E-state index contributed by atoms with van der Waals surface area (Å²) in [6, 6.07) is 6.28. The topological polar surface area (TPSA) is 68.8 Å². The molecule has 128 valence electrons. The summed E-state index contributed by atoms with van der Waals surface area (Å²) < 4.78 is 16.2. The van der Waals surface area contributed by atoms with Crippen LogP contribution < -0.4 is 20.1 Å². The van der Waals surface area contributed by atoms with Crippen LogP contribution in [0.15, 0.2) is 18.2 Å². The highest BCUT2D eigenvalue weighted by atomic mass is 16.5. The van der Waals surface area contributed by atoms with E-state index < -0.39 is 0 Å². The predicted molar refractivity (Wildman–Crippen MR) is 87.9 cm³/mol. The Hall–Kier alpha value is -1.79. The van der Waals surface area contributed by atoms with Crippen molar-refractivity contribution in [1.29, 1.82) is 0 Å². The third-order valence-electron chi connectivity index (χ3n) is 3.78. The minimum absolute atomic E-state index is 0.0100. The zero-order valence-corrected chi connectivity index (χ0v) is 13.9. The Labute approximate surface area is 137 Å². The van der Waals surface area contributed by atoms with E-state index in [2.05, 4.69) is 10.6 Å². The maximum atomic E-state index is 11.5. The van der Waals surface area contributed by atoms with Gasteiger partial charge in [-0.1, -0.05) is 6.07 Å². The van der Waals surface area contributed by atoms with Crippen molar-refractivity contribution in [2.75, 3.05) is 33.5 Å². The minimum Gasteiger partial charge on any atom is -0.493 e. The highest BCUT2D eigenvalue weighted by molar-refractivity contribution is 5.77. The van der Waals surface area contributed by atoms with Crippen molar-refractivity contribution in [3.05, 3.63) is 23.8 Å². The Kier molecular flexibility index (Phi) is 7.16. The van der Waals surface area contributed by atoms with Gasteiger partial charge < -0.3 is 24.8 Å². The highest BCUT2D eigenvalue weighted by Crippen LogP contribution is 2.28. The number of amides is 1. The molecular weight excluding hydrogens is 296 g/mol. The van der Waals surface area contributed by atoms with Gasteiger partial charge >= 0.3 is 0 Å². The molecule has 1 aliphatic rings. The van der Waals surface area contributed by atoms with Gasteiger partial charge in [-0.25, -0.2) is 0 Å². The summed E-state index contributed by atoms with van der Waals surface area (Å²) in [5.41, 5.74) is 1.12. The van der Waals surface area contributed by atoms with Crippen LogP contribution in [0.25, 0.3) is 0 Å². The molecule has 1 saturated heterocycles. The van der Waals surface area contributed by atoms with Gasteiger partial charge in [0.15, 0.2) is 18.1 Å². The van der Waals surface area contributed by atoms with E-state index in [9.17, 15) is 4.79 Å². The van der Waals surface area contributed by atoms with Gasteiger partial charge in [0.25, 0.3) is 5.91 Å². The average molecular weight is 322 g/mol. The standard InChI is InChI=1S/C17H26N2O4/c1-3-18-17(20)12-23-15-5-4-13(10-16(15)21-2)11-19-14-6-8-22-9-7-14/h4-5,10,14,19H,3,6-9,11-12H2,1-2H3,(H,18,20). The van der Waals surface area contributed by atoms with Gasteiger partial charge in [-0.3, -0.25) is 4.79 Å². The summed E-state index contributed by atoms with van der Waals surface area (Å²) in [5.74, 6) is 1.08. The Morgan fingerprint density at radius 3 is 2.78 bits per heavy atom. The van der Waals surface area contributed by atoms with Gasteiger partial charge in [-0.05, 0) is 37.5 Å². The summed E-state index contributed by atoms with van der Waals surface area (Å²) >= 11 is 0. The van der Waals surface area contributed by atoms with E-state index in [0.717, 1.165) is 38.2 Å². The smallest absolute Gasteiger partial charge is 0.257 e. The molecule has 0 aliphatic carbocycles. The molecule has 0 atom stereocenters. The van der Waals surface area contributed by atoms with Crippen molar-refractivity contribution in [3.8, 4) is 11.5 Å². The first-order valence-corrected chi connectivity index (χ1v) is 8.10. The van der Waals surface area contributed by atoms with Gasteiger partial charge in [0.2, 0.25) is 0 Å². The summed E-state index contributed by atoms with van der Waals surface area (Å²) in [6.45, 7) is 4.89. The van der Waals surface area contributed by atoms with E-state index in [0.29, 0.717) is 24.1 Å². The Bertz CT molecular complexity index is 501. The maximum absolute atomic E-state index is 11.5. The first kappa shape index (κ1) is 17.6. The van der Waals surface area contributed by atoms with Crippen molar-refractivity contribution in [2.45, 2.75) is 32.4 Å². The van der Waals surface area contributed by atoms with Crippen LogP contribution in [0, 0.1) is 0 Å². The van der Waals surface area contributed by atoms with Crippen LogP contribution in [-0.2, 0) is 16.1 Å². The molecule has 1 heterocycles. The molecule has 6 heteroatoms.